The van der Waals surface area contributed by atoms with Gasteiger partial charge in [-0.05, 0) is 12.1 Å². The molecule has 2 rings (SSSR count). The Morgan fingerprint density at radius 2 is 1.62 bits per heavy atom. The molecule has 7 nitrogen and oxygen atoms in total. The molecule has 114 valence electrons. The van der Waals surface area contributed by atoms with E-state index in [1.54, 1.807) is 18.2 Å². The van der Waals surface area contributed by atoms with Crippen molar-refractivity contribution in [3.05, 3.63) is 30.3 Å². The Labute approximate surface area is 122 Å². The summed E-state index contributed by atoms with van der Waals surface area (Å²) in [7, 11) is -3.56. The van der Waals surface area contributed by atoms with Crippen molar-refractivity contribution in [2.24, 2.45) is 0 Å². The van der Waals surface area contributed by atoms with Crippen molar-refractivity contribution in [2.45, 2.75) is 11.3 Å². The van der Waals surface area contributed by atoms with Crippen LogP contribution in [0.5, 0.6) is 0 Å². The Kier molecular flexibility index (Phi) is 4.59. The van der Waals surface area contributed by atoms with Gasteiger partial charge in [-0.3, -0.25) is 9.59 Å². The predicted octanol–water partition coefficient (Wildman–Crippen LogP) is -0.00580. The average molecular weight is 312 g/mol. The highest BCUT2D eigenvalue weighted by molar-refractivity contribution is 7.89. The molecule has 0 aromatic heterocycles. The van der Waals surface area contributed by atoms with Gasteiger partial charge in [-0.25, -0.2) is 8.42 Å². The maximum atomic E-state index is 12.4. The highest BCUT2D eigenvalue weighted by atomic mass is 32.2. The summed E-state index contributed by atoms with van der Waals surface area (Å²) in [5.41, 5.74) is 0. The zero-order valence-corrected chi connectivity index (χ0v) is 12.1. The van der Waals surface area contributed by atoms with Gasteiger partial charge in [0.1, 0.15) is 6.42 Å². The van der Waals surface area contributed by atoms with Crippen LogP contribution < -0.4 is 0 Å². The summed E-state index contributed by atoms with van der Waals surface area (Å²) in [6, 6.07) is 8.09. The molecule has 8 heteroatoms. The summed E-state index contributed by atoms with van der Waals surface area (Å²) in [5, 5.41) is 8.59. The molecular formula is C13H16N2O5S. The number of aliphatic carboxylic acids is 1. The third-order valence-corrected chi connectivity index (χ3v) is 5.19. The number of carbonyl (C=O) groups excluding carboxylic acids is 1. The number of hydrogen-bond donors (Lipinski definition) is 1. The van der Waals surface area contributed by atoms with Crippen molar-refractivity contribution in [1.29, 1.82) is 0 Å². The zero-order chi connectivity index (χ0) is 15.5. The number of sulfonamides is 1. The van der Waals surface area contributed by atoms with Crippen LogP contribution >= 0.6 is 0 Å². The smallest absolute Gasteiger partial charge is 0.312 e. The first kappa shape index (κ1) is 15.5. The molecule has 0 atom stereocenters. The number of amides is 1. The van der Waals surface area contributed by atoms with Gasteiger partial charge in [-0.1, -0.05) is 18.2 Å². The molecule has 1 fully saturated rings. The number of piperazine rings is 1. The van der Waals surface area contributed by atoms with Crippen LogP contribution in [-0.4, -0.2) is 60.8 Å². The van der Waals surface area contributed by atoms with Crippen molar-refractivity contribution in [3.63, 3.8) is 0 Å². The molecule has 1 saturated heterocycles. The van der Waals surface area contributed by atoms with Crippen LogP contribution in [0.1, 0.15) is 6.42 Å². The maximum Gasteiger partial charge on any atom is 0.312 e. The van der Waals surface area contributed by atoms with E-state index in [2.05, 4.69) is 0 Å². The van der Waals surface area contributed by atoms with Crippen molar-refractivity contribution < 1.29 is 23.1 Å². The Morgan fingerprint density at radius 3 is 2.14 bits per heavy atom. The van der Waals surface area contributed by atoms with Crippen LogP contribution in [0.25, 0.3) is 0 Å². The molecule has 1 aliphatic heterocycles. The SMILES string of the molecule is O=C(O)CC(=O)N1CCN(S(=O)(=O)c2ccccc2)CC1. The predicted molar refractivity (Wildman–Crippen MR) is 74.0 cm³/mol. The van der Waals surface area contributed by atoms with Gasteiger partial charge in [-0.2, -0.15) is 4.31 Å². The summed E-state index contributed by atoms with van der Waals surface area (Å²) in [6.07, 6.45) is -0.564. The van der Waals surface area contributed by atoms with Crippen LogP contribution in [0.3, 0.4) is 0 Å². The van der Waals surface area contributed by atoms with Gasteiger partial charge < -0.3 is 10.0 Å². The fraction of sp³-hybridized carbons (Fsp3) is 0.385. The molecule has 0 saturated carbocycles. The summed E-state index contributed by atoms with van der Waals surface area (Å²) in [5.74, 6) is -1.67. The molecular weight excluding hydrogens is 296 g/mol. The lowest BCUT2D eigenvalue weighted by Crippen LogP contribution is -2.50. The molecule has 0 aliphatic carbocycles. The van der Waals surface area contributed by atoms with Crippen LogP contribution in [0.4, 0.5) is 0 Å². The highest BCUT2D eigenvalue weighted by Gasteiger charge is 2.30. The normalized spacial score (nSPS) is 16.7. The van der Waals surface area contributed by atoms with E-state index >= 15 is 0 Å². The molecule has 0 radical (unpaired) electrons. The third kappa shape index (κ3) is 3.59. The van der Waals surface area contributed by atoms with E-state index in [0.717, 1.165) is 0 Å². The fourth-order valence-corrected chi connectivity index (χ4v) is 3.60. The van der Waals surface area contributed by atoms with Crippen molar-refractivity contribution in [2.75, 3.05) is 26.2 Å². The maximum absolute atomic E-state index is 12.4. The van der Waals surface area contributed by atoms with Crippen LogP contribution in [0.15, 0.2) is 35.2 Å². The Bertz CT molecular complexity index is 621. The van der Waals surface area contributed by atoms with Crippen LogP contribution in [0.2, 0.25) is 0 Å². The zero-order valence-electron chi connectivity index (χ0n) is 11.3. The molecule has 1 N–H and O–H groups in total. The number of hydrogen-bond acceptors (Lipinski definition) is 4. The van der Waals surface area contributed by atoms with Gasteiger partial charge in [-0.15, -0.1) is 0 Å². The number of carboxylic acids is 1. The minimum atomic E-state index is -3.56. The lowest BCUT2D eigenvalue weighted by atomic mass is 10.3. The molecule has 1 heterocycles. The Balaban J connectivity index is 2.01. The Hall–Kier alpha value is -1.93. The minimum Gasteiger partial charge on any atom is -0.481 e. The summed E-state index contributed by atoms with van der Waals surface area (Å²) in [4.78, 5) is 23.7. The largest absolute Gasteiger partial charge is 0.481 e. The summed E-state index contributed by atoms with van der Waals surface area (Å²) >= 11 is 0. The summed E-state index contributed by atoms with van der Waals surface area (Å²) < 4.78 is 26.1. The van der Waals surface area contributed by atoms with Crippen molar-refractivity contribution in [1.82, 2.24) is 9.21 Å². The van der Waals surface area contributed by atoms with Gasteiger partial charge in [0, 0.05) is 26.2 Å². The topological polar surface area (TPSA) is 95.0 Å². The number of carbonyl (C=O) groups is 2. The summed E-state index contributed by atoms with van der Waals surface area (Å²) in [6.45, 7) is 0.752. The van der Waals surface area contributed by atoms with E-state index in [1.165, 1.54) is 21.3 Å². The van der Waals surface area contributed by atoms with E-state index in [-0.39, 0.29) is 31.1 Å². The van der Waals surface area contributed by atoms with E-state index in [1.807, 2.05) is 0 Å². The van der Waals surface area contributed by atoms with Gasteiger partial charge >= 0.3 is 5.97 Å². The van der Waals surface area contributed by atoms with Crippen LogP contribution in [0, 0.1) is 0 Å². The molecule has 0 spiro atoms. The van der Waals surface area contributed by atoms with Gasteiger partial charge in [0.2, 0.25) is 15.9 Å². The lowest BCUT2D eigenvalue weighted by molar-refractivity contribution is -0.144. The number of carboxylic acid groups (broad SMARTS) is 1. The third-order valence-electron chi connectivity index (χ3n) is 3.27. The monoisotopic (exact) mass is 312 g/mol. The van der Waals surface area contributed by atoms with Crippen molar-refractivity contribution >= 4 is 21.9 Å². The van der Waals surface area contributed by atoms with E-state index in [9.17, 15) is 18.0 Å². The fourth-order valence-electron chi connectivity index (χ4n) is 2.16. The van der Waals surface area contributed by atoms with Gasteiger partial charge in [0.15, 0.2) is 0 Å². The second-order valence-corrected chi connectivity index (χ2v) is 6.61. The van der Waals surface area contributed by atoms with Crippen molar-refractivity contribution in [3.8, 4) is 0 Å². The molecule has 0 unspecified atom stereocenters. The lowest BCUT2D eigenvalue weighted by Gasteiger charge is -2.33. The number of nitrogens with zero attached hydrogens (tertiary/aromatic N) is 2. The number of benzene rings is 1. The van der Waals surface area contributed by atoms with E-state index < -0.39 is 28.3 Å². The first-order chi connectivity index (χ1) is 9.91. The second-order valence-electron chi connectivity index (χ2n) is 4.67. The molecule has 0 bridgehead atoms. The second kappa shape index (κ2) is 6.23. The molecule has 1 aromatic carbocycles. The van der Waals surface area contributed by atoms with E-state index in [0.29, 0.717) is 0 Å². The van der Waals surface area contributed by atoms with Crippen LogP contribution in [-0.2, 0) is 19.6 Å². The molecule has 1 aliphatic rings. The Morgan fingerprint density at radius 1 is 1.05 bits per heavy atom. The quantitative estimate of drug-likeness (QED) is 0.789. The van der Waals surface area contributed by atoms with E-state index in [4.69, 9.17) is 5.11 Å². The first-order valence-corrected chi connectivity index (χ1v) is 7.90. The average Bonchev–Trinajstić information content (AvgIpc) is 2.47. The molecule has 21 heavy (non-hydrogen) atoms. The first-order valence-electron chi connectivity index (χ1n) is 6.46. The number of rotatable bonds is 4. The molecule has 1 amide bonds. The minimum absolute atomic E-state index is 0.169. The van der Waals surface area contributed by atoms with Gasteiger partial charge in [0.25, 0.3) is 0 Å². The molecule has 1 aromatic rings. The standard InChI is InChI=1S/C13H16N2O5S/c16-12(10-13(17)18)14-6-8-15(9-7-14)21(19,20)11-4-2-1-3-5-11/h1-5H,6-10H2,(H,17,18). The highest BCUT2D eigenvalue weighted by Crippen LogP contribution is 2.17. The van der Waals surface area contributed by atoms with Gasteiger partial charge in [0.05, 0.1) is 4.90 Å².